The molecule has 0 radical (unpaired) electrons. The predicted octanol–water partition coefficient (Wildman–Crippen LogP) is 5.62. The monoisotopic (exact) mass is 486 g/mol. The molecule has 1 aliphatic rings. The minimum absolute atomic E-state index is 0.0984. The second-order valence-electron chi connectivity index (χ2n) is 8.18. The van der Waals surface area contributed by atoms with Gasteiger partial charge in [-0.2, -0.15) is 0 Å². The number of amides is 3. The number of halogens is 1. The van der Waals surface area contributed by atoms with E-state index in [0.29, 0.717) is 36.7 Å². The number of nitrogens with zero attached hydrogens (tertiary/aromatic N) is 1. The van der Waals surface area contributed by atoms with Crippen LogP contribution >= 0.6 is 0 Å². The normalized spacial score (nSPS) is 14.2. The number of nitrogens with one attached hydrogen (secondary N) is 1. The number of hydrogen-bond donors (Lipinski definition) is 1. The lowest BCUT2D eigenvalue weighted by Gasteiger charge is -2.17. The average molecular weight is 487 g/mol. The molecule has 0 atom stereocenters. The van der Waals surface area contributed by atoms with Gasteiger partial charge in [-0.05, 0) is 48.7 Å². The van der Waals surface area contributed by atoms with Gasteiger partial charge in [0.2, 0.25) is 0 Å². The van der Waals surface area contributed by atoms with E-state index < -0.39 is 17.8 Å². The molecule has 3 amide bonds. The zero-order chi connectivity index (χ0) is 25.5. The van der Waals surface area contributed by atoms with Crippen LogP contribution < -0.4 is 14.8 Å². The molecule has 36 heavy (non-hydrogen) atoms. The van der Waals surface area contributed by atoms with E-state index in [-0.39, 0.29) is 17.8 Å². The highest BCUT2D eigenvalue weighted by atomic mass is 19.1. The van der Waals surface area contributed by atoms with Crippen LogP contribution in [0.15, 0.2) is 85.1 Å². The standard InChI is InChI=1S/C29H27FN2O4/c1-3-10-22-15-21(17-26(35-4-2)27(22)36-19-20-11-6-5-7-12-20)16-25-28(33)32(29(34)31-25)18-23-13-8-9-14-24(23)30/h3,5-9,11-17H,1,4,10,18-19H2,2H3,(H,31,34)/b25-16+. The largest absolute Gasteiger partial charge is 0.490 e. The molecule has 7 heteroatoms. The molecule has 0 bridgehead atoms. The average Bonchev–Trinajstić information content (AvgIpc) is 3.13. The van der Waals surface area contributed by atoms with E-state index in [4.69, 9.17) is 9.47 Å². The molecule has 1 fully saturated rings. The Morgan fingerprint density at radius 3 is 2.47 bits per heavy atom. The summed E-state index contributed by atoms with van der Waals surface area (Å²) in [5, 5.41) is 2.59. The first-order valence-corrected chi connectivity index (χ1v) is 11.7. The molecule has 0 aliphatic carbocycles. The number of carbonyl (C=O) groups excluding carboxylic acids is 2. The van der Waals surface area contributed by atoms with Crippen LogP contribution in [0.3, 0.4) is 0 Å². The van der Waals surface area contributed by atoms with Gasteiger partial charge in [-0.15, -0.1) is 6.58 Å². The van der Waals surface area contributed by atoms with Crippen LogP contribution in [-0.4, -0.2) is 23.4 Å². The number of ether oxygens (including phenoxy) is 2. The zero-order valence-electron chi connectivity index (χ0n) is 20.0. The van der Waals surface area contributed by atoms with Crippen molar-refractivity contribution in [2.24, 2.45) is 0 Å². The van der Waals surface area contributed by atoms with Gasteiger partial charge < -0.3 is 14.8 Å². The van der Waals surface area contributed by atoms with Gasteiger partial charge >= 0.3 is 6.03 Å². The number of hydrogen-bond acceptors (Lipinski definition) is 4. The number of imide groups is 1. The van der Waals surface area contributed by atoms with Crippen molar-refractivity contribution in [2.75, 3.05) is 6.61 Å². The van der Waals surface area contributed by atoms with Crippen LogP contribution in [0.25, 0.3) is 6.08 Å². The SMILES string of the molecule is C=CCc1cc(/C=C2/NC(=O)N(Cc3ccccc3F)C2=O)cc(OCC)c1OCc1ccccc1. The van der Waals surface area contributed by atoms with Gasteiger partial charge in [-0.25, -0.2) is 9.18 Å². The Balaban J connectivity index is 1.62. The zero-order valence-corrected chi connectivity index (χ0v) is 20.0. The summed E-state index contributed by atoms with van der Waals surface area (Å²) in [6, 6.07) is 18.9. The van der Waals surface area contributed by atoms with Crippen molar-refractivity contribution in [1.82, 2.24) is 10.2 Å². The number of rotatable bonds is 10. The van der Waals surface area contributed by atoms with Crippen molar-refractivity contribution in [3.63, 3.8) is 0 Å². The Kier molecular flexibility index (Phi) is 7.80. The van der Waals surface area contributed by atoms with Gasteiger partial charge in [0.25, 0.3) is 5.91 Å². The van der Waals surface area contributed by atoms with Crippen LogP contribution in [0.2, 0.25) is 0 Å². The highest BCUT2D eigenvalue weighted by Gasteiger charge is 2.34. The van der Waals surface area contributed by atoms with Crippen molar-refractivity contribution in [3.05, 3.63) is 113 Å². The molecule has 184 valence electrons. The van der Waals surface area contributed by atoms with Crippen molar-refractivity contribution < 1.29 is 23.5 Å². The minimum atomic E-state index is -0.603. The van der Waals surface area contributed by atoms with Gasteiger partial charge in [-0.3, -0.25) is 9.69 Å². The first-order chi connectivity index (χ1) is 17.5. The summed E-state index contributed by atoms with van der Waals surface area (Å²) in [6.07, 6.45) is 3.86. The molecule has 4 rings (SSSR count). The minimum Gasteiger partial charge on any atom is -0.490 e. The molecule has 1 saturated heterocycles. The van der Waals surface area contributed by atoms with Crippen molar-refractivity contribution >= 4 is 18.0 Å². The first kappa shape index (κ1) is 24.7. The molecule has 0 spiro atoms. The second kappa shape index (κ2) is 11.4. The van der Waals surface area contributed by atoms with Gasteiger partial charge in [0, 0.05) is 11.1 Å². The van der Waals surface area contributed by atoms with E-state index in [1.807, 2.05) is 43.3 Å². The lowest BCUT2D eigenvalue weighted by Crippen LogP contribution is -2.30. The molecular weight excluding hydrogens is 459 g/mol. The number of urea groups is 1. The highest BCUT2D eigenvalue weighted by molar-refractivity contribution is 6.13. The molecule has 0 unspecified atom stereocenters. The molecule has 1 heterocycles. The summed E-state index contributed by atoms with van der Waals surface area (Å²) in [6.45, 7) is 6.34. The first-order valence-electron chi connectivity index (χ1n) is 11.7. The second-order valence-corrected chi connectivity index (χ2v) is 8.18. The Bertz CT molecular complexity index is 1300. The van der Waals surface area contributed by atoms with Crippen molar-refractivity contribution in [1.29, 1.82) is 0 Å². The Labute approximate surface area is 209 Å². The Morgan fingerprint density at radius 2 is 1.75 bits per heavy atom. The van der Waals surface area contributed by atoms with Crippen LogP contribution in [0, 0.1) is 5.82 Å². The molecule has 0 aromatic heterocycles. The van der Waals surface area contributed by atoms with E-state index in [1.54, 1.807) is 36.4 Å². The third-order valence-corrected chi connectivity index (χ3v) is 5.60. The smallest absolute Gasteiger partial charge is 0.329 e. The summed E-state index contributed by atoms with van der Waals surface area (Å²) in [5.74, 6) is 0.123. The molecule has 0 saturated carbocycles. The Morgan fingerprint density at radius 1 is 1.00 bits per heavy atom. The number of benzene rings is 3. The molecule has 3 aromatic carbocycles. The highest BCUT2D eigenvalue weighted by Crippen LogP contribution is 2.35. The predicted molar refractivity (Wildman–Crippen MR) is 136 cm³/mol. The molecule has 1 N–H and O–H groups in total. The van der Waals surface area contributed by atoms with Gasteiger partial charge in [0.15, 0.2) is 11.5 Å². The van der Waals surface area contributed by atoms with E-state index in [1.165, 1.54) is 6.07 Å². The van der Waals surface area contributed by atoms with Gasteiger partial charge in [-0.1, -0.05) is 54.6 Å². The number of carbonyl (C=O) groups is 2. The Hall–Kier alpha value is -4.39. The lowest BCUT2D eigenvalue weighted by molar-refractivity contribution is -0.123. The topological polar surface area (TPSA) is 67.9 Å². The summed E-state index contributed by atoms with van der Waals surface area (Å²) < 4.78 is 26.1. The molecule has 1 aliphatic heterocycles. The van der Waals surface area contributed by atoms with E-state index >= 15 is 0 Å². The maximum absolute atomic E-state index is 14.1. The fourth-order valence-corrected chi connectivity index (χ4v) is 3.91. The quantitative estimate of drug-likeness (QED) is 0.229. The molecule has 6 nitrogen and oxygen atoms in total. The number of allylic oxidation sites excluding steroid dienone is 1. The fourth-order valence-electron chi connectivity index (χ4n) is 3.91. The van der Waals surface area contributed by atoms with Crippen LogP contribution in [0.1, 0.15) is 29.2 Å². The van der Waals surface area contributed by atoms with Crippen LogP contribution in [-0.2, 0) is 24.4 Å². The van der Waals surface area contributed by atoms with E-state index in [9.17, 15) is 14.0 Å². The van der Waals surface area contributed by atoms with E-state index in [2.05, 4.69) is 11.9 Å². The third-order valence-electron chi connectivity index (χ3n) is 5.60. The maximum atomic E-state index is 14.1. The molecule has 3 aromatic rings. The summed E-state index contributed by atoms with van der Waals surface area (Å²) in [7, 11) is 0. The molecular formula is C29H27FN2O4. The maximum Gasteiger partial charge on any atom is 0.329 e. The third kappa shape index (κ3) is 5.63. The lowest BCUT2D eigenvalue weighted by atomic mass is 10.0. The van der Waals surface area contributed by atoms with Crippen molar-refractivity contribution in [2.45, 2.75) is 26.5 Å². The van der Waals surface area contributed by atoms with Crippen LogP contribution in [0.4, 0.5) is 9.18 Å². The van der Waals surface area contributed by atoms with E-state index in [0.717, 1.165) is 16.0 Å². The van der Waals surface area contributed by atoms with Gasteiger partial charge in [0.1, 0.15) is 18.1 Å². The summed E-state index contributed by atoms with van der Waals surface area (Å²) >= 11 is 0. The van der Waals surface area contributed by atoms with Gasteiger partial charge in [0.05, 0.1) is 13.2 Å². The fraction of sp³-hybridized carbons (Fsp3) is 0.172. The summed E-state index contributed by atoms with van der Waals surface area (Å²) in [4.78, 5) is 26.4. The summed E-state index contributed by atoms with van der Waals surface area (Å²) in [5.41, 5.74) is 2.86. The van der Waals surface area contributed by atoms with Crippen LogP contribution in [0.5, 0.6) is 11.5 Å². The van der Waals surface area contributed by atoms with Crippen molar-refractivity contribution in [3.8, 4) is 11.5 Å².